The zero-order chi connectivity index (χ0) is 12.3. The van der Waals surface area contributed by atoms with E-state index in [9.17, 15) is 0 Å². The lowest BCUT2D eigenvalue weighted by molar-refractivity contribution is -0.159. The van der Waals surface area contributed by atoms with E-state index in [1.54, 1.807) is 0 Å². The number of nitrogens with one attached hydrogen (secondary N) is 1. The standard InChI is InChI=1S/C12H16N2O2S/c1-12(9-5-3-2-4-6-9)15-7-10(16-12)8-17-11(13)14/h2-6,10H,7-8H2,1H3,(H3,13,14). The van der Waals surface area contributed by atoms with Crippen molar-refractivity contribution in [1.82, 2.24) is 0 Å². The summed E-state index contributed by atoms with van der Waals surface area (Å²) in [6.45, 7) is 2.45. The van der Waals surface area contributed by atoms with Crippen molar-refractivity contribution in [3.63, 3.8) is 0 Å². The summed E-state index contributed by atoms with van der Waals surface area (Å²) in [4.78, 5) is 0. The molecule has 0 aliphatic carbocycles. The van der Waals surface area contributed by atoms with E-state index in [2.05, 4.69) is 0 Å². The van der Waals surface area contributed by atoms with Gasteiger partial charge in [0.1, 0.15) is 0 Å². The Kier molecular flexibility index (Phi) is 3.71. The summed E-state index contributed by atoms with van der Waals surface area (Å²) in [5.41, 5.74) is 6.31. The van der Waals surface area contributed by atoms with Crippen LogP contribution in [0.1, 0.15) is 12.5 Å². The van der Waals surface area contributed by atoms with Crippen LogP contribution in [0.4, 0.5) is 0 Å². The Morgan fingerprint density at radius 1 is 1.53 bits per heavy atom. The molecule has 0 radical (unpaired) electrons. The zero-order valence-corrected chi connectivity index (χ0v) is 10.5. The molecule has 1 fully saturated rings. The molecule has 2 atom stereocenters. The summed E-state index contributed by atoms with van der Waals surface area (Å²) < 4.78 is 11.6. The van der Waals surface area contributed by atoms with Crippen molar-refractivity contribution < 1.29 is 9.47 Å². The zero-order valence-electron chi connectivity index (χ0n) is 9.68. The first-order valence-electron chi connectivity index (χ1n) is 5.44. The molecule has 1 heterocycles. The molecule has 1 aliphatic rings. The Balaban J connectivity index is 1.99. The van der Waals surface area contributed by atoms with Crippen molar-refractivity contribution in [2.24, 2.45) is 5.73 Å². The summed E-state index contributed by atoms with van der Waals surface area (Å²) in [6.07, 6.45) is -0.0193. The Morgan fingerprint density at radius 3 is 2.88 bits per heavy atom. The summed E-state index contributed by atoms with van der Waals surface area (Å²) in [7, 11) is 0. The normalized spacial score (nSPS) is 28.2. The molecule has 17 heavy (non-hydrogen) atoms. The van der Waals surface area contributed by atoms with Gasteiger partial charge in [-0.25, -0.2) is 0 Å². The van der Waals surface area contributed by atoms with Crippen molar-refractivity contribution in [2.45, 2.75) is 18.8 Å². The number of amidine groups is 1. The predicted octanol–water partition coefficient (Wildman–Crippen LogP) is 1.90. The Labute approximate surface area is 105 Å². The van der Waals surface area contributed by atoms with Gasteiger partial charge in [0, 0.05) is 11.3 Å². The molecule has 4 nitrogen and oxygen atoms in total. The highest BCUT2D eigenvalue weighted by Crippen LogP contribution is 2.34. The van der Waals surface area contributed by atoms with Gasteiger partial charge in [-0.3, -0.25) is 5.41 Å². The minimum Gasteiger partial charge on any atom is -0.379 e. The molecule has 1 saturated heterocycles. The third kappa shape index (κ3) is 3.00. The highest BCUT2D eigenvalue weighted by Gasteiger charge is 2.38. The molecule has 0 aromatic heterocycles. The fraction of sp³-hybridized carbons (Fsp3) is 0.417. The second-order valence-electron chi connectivity index (χ2n) is 4.04. The van der Waals surface area contributed by atoms with Crippen molar-refractivity contribution in [1.29, 1.82) is 5.41 Å². The van der Waals surface area contributed by atoms with Crippen LogP contribution in [-0.2, 0) is 15.3 Å². The minimum absolute atomic E-state index is 0.0193. The number of nitrogens with two attached hydrogens (primary N) is 1. The topological polar surface area (TPSA) is 68.3 Å². The highest BCUT2D eigenvalue weighted by atomic mass is 32.2. The largest absolute Gasteiger partial charge is 0.379 e. The SMILES string of the molecule is CC1(c2ccccc2)OCC(CSC(=N)N)O1. The summed E-state index contributed by atoms with van der Waals surface area (Å²) in [5.74, 6) is -0.0268. The predicted molar refractivity (Wildman–Crippen MR) is 69.0 cm³/mol. The van der Waals surface area contributed by atoms with Gasteiger partial charge in [-0.15, -0.1) is 0 Å². The molecule has 1 aromatic rings. The number of ether oxygens (including phenoxy) is 2. The van der Waals surface area contributed by atoms with Gasteiger partial charge >= 0.3 is 0 Å². The van der Waals surface area contributed by atoms with Gasteiger partial charge < -0.3 is 15.2 Å². The molecule has 0 amide bonds. The average molecular weight is 252 g/mol. The number of thioether (sulfide) groups is 1. The molecule has 92 valence electrons. The number of rotatable bonds is 3. The Hall–Kier alpha value is -1.04. The van der Waals surface area contributed by atoms with Gasteiger partial charge in [-0.2, -0.15) is 0 Å². The lowest BCUT2D eigenvalue weighted by Crippen LogP contribution is -2.24. The van der Waals surface area contributed by atoms with E-state index in [0.29, 0.717) is 12.4 Å². The maximum atomic E-state index is 7.17. The Bertz CT molecular complexity index is 399. The van der Waals surface area contributed by atoms with E-state index in [-0.39, 0.29) is 11.3 Å². The lowest BCUT2D eigenvalue weighted by Gasteiger charge is -2.23. The molecule has 2 unspecified atom stereocenters. The summed E-state index contributed by atoms with van der Waals surface area (Å²) in [5, 5.41) is 7.28. The van der Waals surface area contributed by atoms with Gasteiger partial charge in [-0.1, -0.05) is 42.1 Å². The first-order chi connectivity index (χ1) is 8.10. The van der Waals surface area contributed by atoms with Crippen LogP contribution >= 0.6 is 11.8 Å². The van der Waals surface area contributed by atoms with Gasteiger partial charge in [-0.05, 0) is 6.92 Å². The molecule has 5 heteroatoms. The van der Waals surface area contributed by atoms with Crippen LogP contribution in [0, 0.1) is 5.41 Å². The van der Waals surface area contributed by atoms with Crippen LogP contribution in [0.2, 0.25) is 0 Å². The Morgan fingerprint density at radius 2 is 2.24 bits per heavy atom. The van der Waals surface area contributed by atoms with Crippen molar-refractivity contribution >= 4 is 16.9 Å². The van der Waals surface area contributed by atoms with E-state index in [1.165, 1.54) is 11.8 Å². The van der Waals surface area contributed by atoms with Crippen LogP contribution in [0.3, 0.4) is 0 Å². The van der Waals surface area contributed by atoms with Crippen LogP contribution < -0.4 is 5.73 Å². The molecule has 0 bridgehead atoms. The molecule has 1 aromatic carbocycles. The molecule has 0 spiro atoms. The minimum atomic E-state index is -0.677. The highest BCUT2D eigenvalue weighted by molar-refractivity contribution is 8.13. The van der Waals surface area contributed by atoms with Gasteiger partial charge in [0.15, 0.2) is 11.0 Å². The van der Waals surface area contributed by atoms with Gasteiger partial charge in [0.05, 0.1) is 12.7 Å². The van der Waals surface area contributed by atoms with E-state index in [0.717, 1.165) is 5.56 Å². The molecule has 3 N–H and O–H groups in total. The first kappa shape index (κ1) is 12.4. The maximum Gasteiger partial charge on any atom is 0.192 e. The fourth-order valence-electron chi connectivity index (χ4n) is 1.80. The third-order valence-electron chi connectivity index (χ3n) is 2.66. The third-order valence-corrected chi connectivity index (χ3v) is 3.51. The van der Waals surface area contributed by atoms with Crippen LogP contribution in [0.15, 0.2) is 30.3 Å². The van der Waals surface area contributed by atoms with Crippen molar-refractivity contribution in [3.8, 4) is 0 Å². The second-order valence-corrected chi connectivity index (χ2v) is 5.10. The summed E-state index contributed by atoms with van der Waals surface area (Å²) >= 11 is 1.28. The molecular weight excluding hydrogens is 236 g/mol. The monoisotopic (exact) mass is 252 g/mol. The maximum absolute atomic E-state index is 7.17. The second kappa shape index (κ2) is 5.08. The molecule has 1 aliphatic heterocycles. The summed E-state index contributed by atoms with van der Waals surface area (Å²) in [6, 6.07) is 9.86. The van der Waals surface area contributed by atoms with Crippen molar-refractivity contribution in [2.75, 3.05) is 12.4 Å². The number of hydrogen-bond donors (Lipinski definition) is 2. The molecule has 2 rings (SSSR count). The van der Waals surface area contributed by atoms with E-state index in [4.69, 9.17) is 20.6 Å². The number of hydrogen-bond acceptors (Lipinski definition) is 4. The smallest absolute Gasteiger partial charge is 0.192 e. The number of benzene rings is 1. The van der Waals surface area contributed by atoms with Crippen LogP contribution in [0.5, 0.6) is 0 Å². The lowest BCUT2D eigenvalue weighted by atomic mass is 10.1. The van der Waals surface area contributed by atoms with E-state index in [1.807, 2.05) is 37.3 Å². The van der Waals surface area contributed by atoms with Gasteiger partial charge in [0.25, 0.3) is 0 Å². The molecular formula is C12H16N2O2S. The molecule has 0 saturated carbocycles. The van der Waals surface area contributed by atoms with Crippen LogP contribution in [0.25, 0.3) is 0 Å². The van der Waals surface area contributed by atoms with Crippen molar-refractivity contribution in [3.05, 3.63) is 35.9 Å². The first-order valence-corrected chi connectivity index (χ1v) is 6.43. The van der Waals surface area contributed by atoms with Gasteiger partial charge in [0.2, 0.25) is 0 Å². The average Bonchev–Trinajstić information content (AvgIpc) is 2.71. The quantitative estimate of drug-likeness (QED) is 0.637. The van der Waals surface area contributed by atoms with E-state index >= 15 is 0 Å². The van der Waals surface area contributed by atoms with Crippen LogP contribution in [-0.4, -0.2) is 23.6 Å². The van der Waals surface area contributed by atoms with E-state index < -0.39 is 5.79 Å². The fourth-order valence-corrected chi connectivity index (χ4v) is 2.32.